The molecule has 0 unspecified atom stereocenters. The highest BCUT2D eigenvalue weighted by Gasteiger charge is 2.43. The summed E-state index contributed by atoms with van der Waals surface area (Å²) in [5.74, 6) is 1.18. The first-order chi connectivity index (χ1) is 10.2. The normalized spacial score (nSPS) is 17.0. The summed E-state index contributed by atoms with van der Waals surface area (Å²) in [6.07, 6.45) is 7.98. The Hall–Kier alpha value is -1.62. The monoisotopic (exact) mass is 303 g/mol. The molecule has 4 nitrogen and oxygen atoms in total. The Morgan fingerprint density at radius 2 is 2.29 bits per heavy atom. The summed E-state index contributed by atoms with van der Waals surface area (Å²) in [6.45, 7) is 3.41. The molecule has 1 saturated carbocycles. The van der Waals surface area contributed by atoms with Gasteiger partial charge in [-0.1, -0.05) is 18.9 Å². The van der Waals surface area contributed by atoms with Gasteiger partial charge in [0.05, 0.1) is 5.41 Å². The zero-order chi connectivity index (χ0) is 14.7. The van der Waals surface area contributed by atoms with E-state index in [1.165, 1.54) is 4.88 Å². The Kier molecular flexibility index (Phi) is 4.10. The smallest absolute Gasteiger partial charge is 0.231 e. The Labute approximate surface area is 129 Å². The molecular formula is C16H21N3OS. The Bertz CT molecular complexity index is 597. The molecular weight excluding hydrogens is 282 g/mol. The number of aromatic nitrogens is 2. The molecule has 1 amide bonds. The lowest BCUT2D eigenvalue weighted by Gasteiger charge is -2.26. The van der Waals surface area contributed by atoms with Crippen molar-refractivity contribution in [3.05, 3.63) is 40.6 Å². The third-order valence-electron chi connectivity index (χ3n) is 4.45. The Morgan fingerprint density at radius 1 is 1.48 bits per heavy atom. The minimum atomic E-state index is -0.280. The molecule has 1 fully saturated rings. The average molecular weight is 303 g/mol. The molecule has 0 aliphatic heterocycles. The number of nitrogens with one attached hydrogen (secondary N) is 1. The van der Waals surface area contributed by atoms with Crippen LogP contribution in [0.15, 0.2) is 29.9 Å². The molecule has 1 N–H and O–H groups in total. The fraction of sp³-hybridized carbons (Fsp3) is 0.500. The first-order valence-corrected chi connectivity index (χ1v) is 8.40. The van der Waals surface area contributed by atoms with Gasteiger partial charge in [0.25, 0.3) is 0 Å². The molecule has 2 heterocycles. The Morgan fingerprint density at radius 3 is 2.90 bits per heavy atom. The molecule has 0 spiro atoms. The third kappa shape index (κ3) is 2.75. The van der Waals surface area contributed by atoms with Crippen LogP contribution in [-0.4, -0.2) is 22.0 Å². The molecule has 0 radical (unpaired) electrons. The van der Waals surface area contributed by atoms with Crippen LogP contribution in [0, 0.1) is 6.92 Å². The van der Waals surface area contributed by atoms with Gasteiger partial charge in [-0.3, -0.25) is 4.79 Å². The second kappa shape index (κ2) is 6.02. The van der Waals surface area contributed by atoms with Gasteiger partial charge in [-0.2, -0.15) is 0 Å². The molecule has 0 bridgehead atoms. The van der Waals surface area contributed by atoms with Crippen LogP contribution < -0.4 is 5.32 Å². The van der Waals surface area contributed by atoms with Gasteiger partial charge in [0, 0.05) is 30.4 Å². The first kappa shape index (κ1) is 14.3. The molecule has 112 valence electrons. The van der Waals surface area contributed by atoms with Crippen molar-refractivity contribution < 1.29 is 4.79 Å². The van der Waals surface area contributed by atoms with E-state index in [0.717, 1.165) is 38.1 Å². The van der Waals surface area contributed by atoms with E-state index >= 15 is 0 Å². The summed E-state index contributed by atoms with van der Waals surface area (Å²) in [5.41, 5.74) is -0.280. The topological polar surface area (TPSA) is 46.9 Å². The molecule has 21 heavy (non-hydrogen) atoms. The molecule has 0 aromatic carbocycles. The standard InChI is InChI=1S/C16H21N3OS/c1-13-17-8-10-19(13)11-9-18-15(20)16(6-2-3-7-16)14-5-4-12-21-14/h4-5,8,10,12H,2-3,6-7,9,11H2,1H3,(H,18,20). The third-order valence-corrected chi connectivity index (χ3v) is 5.52. The van der Waals surface area contributed by atoms with Crippen LogP contribution in [-0.2, 0) is 16.8 Å². The molecule has 2 aromatic heterocycles. The maximum absolute atomic E-state index is 12.7. The summed E-state index contributed by atoms with van der Waals surface area (Å²) in [5, 5.41) is 5.21. The van der Waals surface area contributed by atoms with Crippen molar-refractivity contribution in [1.29, 1.82) is 0 Å². The van der Waals surface area contributed by atoms with Gasteiger partial charge in [0.1, 0.15) is 5.82 Å². The quantitative estimate of drug-likeness (QED) is 0.923. The Balaban J connectivity index is 1.64. The van der Waals surface area contributed by atoms with Crippen molar-refractivity contribution in [2.24, 2.45) is 0 Å². The highest BCUT2D eigenvalue weighted by atomic mass is 32.1. The highest BCUT2D eigenvalue weighted by molar-refractivity contribution is 7.10. The van der Waals surface area contributed by atoms with Gasteiger partial charge in [0.15, 0.2) is 0 Å². The minimum Gasteiger partial charge on any atom is -0.354 e. The van der Waals surface area contributed by atoms with Crippen molar-refractivity contribution in [2.75, 3.05) is 6.54 Å². The molecule has 0 atom stereocenters. The van der Waals surface area contributed by atoms with E-state index in [1.54, 1.807) is 17.5 Å². The van der Waals surface area contributed by atoms with Gasteiger partial charge < -0.3 is 9.88 Å². The van der Waals surface area contributed by atoms with E-state index in [-0.39, 0.29) is 11.3 Å². The van der Waals surface area contributed by atoms with E-state index in [1.807, 2.05) is 19.2 Å². The van der Waals surface area contributed by atoms with Gasteiger partial charge in [0.2, 0.25) is 5.91 Å². The molecule has 0 saturated heterocycles. The van der Waals surface area contributed by atoms with Crippen LogP contribution >= 0.6 is 11.3 Å². The number of amides is 1. The van der Waals surface area contributed by atoms with Crippen molar-refractivity contribution >= 4 is 17.2 Å². The van der Waals surface area contributed by atoms with E-state index in [9.17, 15) is 4.79 Å². The van der Waals surface area contributed by atoms with Crippen molar-refractivity contribution in [2.45, 2.75) is 44.6 Å². The van der Waals surface area contributed by atoms with Gasteiger partial charge >= 0.3 is 0 Å². The largest absolute Gasteiger partial charge is 0.354 e. The van der Waals surface area contributed by atoms with Crippen LogP contribution in [0.5, 0.6) is 0 Å². The number of nitrogens with zero attached hydrogens (tertiary/aromatic N) is 2. The van der Waals surface area contributed by atoms with E-state index in [0.29, 0.717) is 6.54 Å². The fourth-order valence-electron chi connectivity index (χ4n) is 3.21. The zero-order valence-corrected chi connectivity index (χ0v) is 13.2. The van der Waals surface area contributed by atoms with Crippen molar-refractivity contribution in [3.63, 3.8) is 0 Å². The van der Waals surface area contributed by atoms with Gasteiger partial charge in [-0.15, -0.1) is 11.3 Å². The van der Waals surface area contributed by atoms with E-state index in [4.69, 9.17) is 0 Å². The lowest BCUT2D eigenvalue weighted by atomic mass is 9.83. The number of hydrogen-bond acceptors (Lipinski definition) is 3. The number of hydrogen-bond donors (Lipinski definition) is 1. The number of rotatable bonds is 5. The number of carbonyl (C=O) groups is 1. The lowest BCUT2D eigenvalue weighted by Crippen LogP contribution is -2.43. The molecule has 1 aliphatic rings. The maximum atomic E-state index is 12.7. The lowest BCUT2D eigenvalue weighted by molar-refractivity contribution is -0.126. The number of aryl methyl sites for hydroxylation is 1. The second-order valence-electron chi connectivity index (χ2n) is 5.69. The first-order valence-electron chi connectivity index (χ1n) is 7.52. The molecule has 1 aliphatic carbocycles. The molecule has 3 rings (SSSR count). The summed E-state index contributed by atoms with van der Waals surface area (Å²) >= 11 is 1.70. The van der Waals surface area contributed by atoms with Crippen LogP contribution in [0.1, 0.15) is 36.4 Å². The average Bonchev–Trinajstić information content (AvgIpc) is 3.20. The number of carbonyl (C=O) groups excluding carboxylic acids is 1. The molecule has 5 heteroatoms. The van der Waals surface area contributed by atoms with E-state index in [2.05, 4.69) is 26.3 Å². The zero-order valence-electron chi connectivity index (χ0n) is 12.3. The van der Waals surface area contributed by atoms with Crippen LogP contribution in [0.4, 0.5) is 0 Å². The SMILES string of the molecule is Cc1nccn1CCNC(=O)C1(c2cccs2)CCCC1. The number of thiophene rings is 1. The number of imidazole rings is 1. The second-order valence-corrected chi connectivity index (χ2v) is 6.64. The molecule has 2 aromatic rings. The van der Waals surface area contributed by atoms with Gasteiger partial charge in [-0.05, 0) is 31.2 Å². The van der Waals surface area contributed by atoms with Crippen LogP contribution in [0.2, 0.25) is 0 Å². The highest BCUT2D eigenvalue weighted by Crippen LogP contribution is 2.43. The predicted octanol–water partition coefficient (Wildman–Crippen LogP) is 2.88. The fourth-order valence-corrected chi connectivity index (χ4v) is 4.20. The minimum absolute atomic E-state index is 0.195. The summed E-state index contributed by atoms with van der Waals surface area (Å²) in [4.78, 5) is 18.2. The van der Waals surface area contributed by atoms with Crippen LogP contribution in [0.25, 0.3) is 0 Å². The summed E-state index contributed by atoms with van der Waals surface area (Å²) in [6, 6.07) is 4.15. The maximum Gasteiger partial charge on any atom is 0.231 e. The van der Waals surface area contributed by atoms with Crippen molar-refractivity contribution in [3.8, 4) is 0 Å². The van der Waals surface area contributed by atoms with E-state index < -0.39 is 0 Å². The summed E-state index contributed by atoms with van der Waals surface area (Å²) in [7, 11) is 0. The van der Waals surface area contributed by atoms with Crippen LogP contribution in [0.3, 0.4) is 0 Å². The van der Waals surface area contributed by atoms with Gasteiger partial charge in [-0.25, -0.2) is 4.98 Å². The van der Waals surface area contributed by atoms with Crippen molar-refractivity contribution in [1.82, 2.24) is 14.9 Å². The summed E-state index contributed by atoms with van der Waals surface area (Å²) < 4.78 is 2.06. The predicted molar refractivity (Wildman–Crippen MR) is 84.4 cm³/mol.